The quantitative estimate of drug-likeness (QED) is 0.867. The number of alkyl halides is 3. The SMILES string of the molecule is CCc1ccc2c(c1)C(O)(C(F)(F)F)c1cccnc1-2. The molecule has 104 valence electrons. The summed E-state index contributed by atoms with van der Waals surface area (Å²) in [5.41, 5.74) is -2.01. The summed E-state index contributed by atoms with van der Waals surface area (Å²) in [5.74, 6) is 0. The summed E-state index contributed by atoms with van der Waals surface area (Å²) in [6, 6.07) is 7.47. The second-order valence-corrected chi connectivity index (χ2v) is 4.84. The molecule has 20 heavy (non-hydrogen) atoms. The Morgan fingerprint density at radius 3 is 2.60 bits per heavy atom. The lowest BCUT2D eigenvalue weighted by molar-refractivity contribution is -0.246. The maximum Gasteiger partial charge on any atom is 0.425 e. The van der Waals surface area contributed by atoms with Crippen molar-refractivity contribution in [1.82, 2.24) is 4.98 Å². The third kappa shape index (κ3) is 1.53. The number of hydrogen-bond donors (Lipinski definition) is 1. The highest BCUT2D eigenvalue weighted by atomic mass is 19.4. The number of hydrogen-bond acceptors (Lipinski definition) is 2. The van der Waals surface area contributed by atoms with Gasteiger partial charge < -0.3 is 5.11 Å². The van der Waals surface area contributed by atoms with Gasteiger partial charge >= 0.3 is 6.18 Å². The second-order valence-electron chi connectivity index (χ2n) is 4.84. The van der Waals surface area contributed by atoms with Gasteiger partial charge in [-0.3, -0.25) is 4.98 Å². The summed E-state index contributed by atoms with van der Waals surface area (Å²) in [4.78, 5) is 4.01. The standard InChI is InChI=1S/C15H12F3NO/c1-2-9-5-6-10-12(8-9)14(20,15(16,17)18)11-4-3-7-19-13(10)11/h3-8,20H,2H2,1H3. The Bertz CT molecular complexity index is 681. The van der Waals surface area contributed by atoms with Crippen LogP contribution >= 0.6 is 0 Å². The smallest absolute Gasteiger partial charge is 0.372 e. The van der Waals surface area contributed by atoms with Crippen molar-refractivity contribution in [2.24, 2.45) is 0 Å². The van der Waals surface area contributed by atoms with Crippen molar-refractivity contribution in [3.05, 3.63) is 53.2 Å². The van der Waals surface area contributed by atoms with Crippen molar-refractivity contribution in [3.63, 3.8) is 0 Å². The number of halogens is 3. The molecule has 2 nitrogen and oxygen atoms in total. The lowest BCUT2D eigenvalue weighted by Crippen LogP contribution is -2.41. The molecule has 0 aliphatic heterocycles. The number of benzene rings is 1. The number of rotatable bonds is 1. The van der Waals surface area contributed by atoms with Crippen LogP contribution in [-0.2, 0) is 12.0 Å². The van der Waals surface area contributed by atoms with Crippen LogP contribution in [0.3, 0.4) is 0 Å². The van der Waals surface area contributed by atoms with Gasteiger partial charge in [-0.1, -0.05) is 31.2 Å². The van der Waals surface area contributed by atoms with E-state index in [1.54, 1.807) is 12.1 Å². The lowest BCUT2D eigenvalue weighted by atomic mass is 9.90. The van der Waals surface area contributed by atoms with Crippen molar-refractivity contribution < 1.29 is 18.3 Å². The van der Waals surface area contributed by atoms with Crippen molar-refractivity contribution in [2.45, 2.75) is 25.1 Å². The molecule has 1 aromatic carbocycles. The van der Waals surface area contributed by atoms with Crippen molar-refractivity contribution >= 4 is 0 Å². The third-order valence-corrected chi connectivity index (χ3v) is 3.74. The van der Waals surface area contributed by atoms with Gasteiger partial charge in [0.2, 0.25) is 5.60 Å². The number of aromatic nitrogens is 1. The van der Waals surface area contributed by atoms with Crippen LogP contribution in [0.4, 0.5) is 13.2 Å². The zero-order chi connectivity index (χ0) is 14.5. The molecule has 0 fully saturated rings. The van der Waals surface area contributed by atoms with Gasteiger partial charge in [0.25, 0.3) is 0 Å². The molecule has 0 saturated heterocycles. The molecule has 1 aromatic heterocycles. The summed E-state index contributed by atoms with van der Waals surface area (Å²) in [7, 11) is 0. The molecule has 0 radical (unpaired) electrons. The number of pyridine rings is 1. The van der Waals surface area contributed by atoms with E-state index in [1.165, 1.54) is 24.4 Å². The number of nitrogens with zero attached hydrogens (tertiary/aromatic N) is 1. The Balaban J connectivity index is 2.37. The molecule has 0 amide bonds. The summed E-state index contributed by atoms with van der Waals surface area (Å²) in [6.45, 7) is 1.86. The summed E-state index contributed by atoms with van der Waals surface area (Å²) < 4.78 is 40.4. The van der Waals surface area contributed by atoms with Gasteiger partial charge in [-0.25, -0.2) is 0 Å². The highest BCUT2D eigenvalue weighted by Crippen LogP contribution is 2.54. The van der Waals surface area contributed by atoms with Crippen LogP contribution in [0.15, 0.2) is 36.5 Å². The van der Waals surface area contributed by atoms with Crippen LogP contribution in [0, 0.1) is 0 Å². The van der Waals surface area contributed by atoms with Crippen LogP contribution in [-0.4, -0.2) is 16.3 Å². The Morgan fingerprint density at radius 2 is 1.95 bits per heavy atom. The van der Waals surface area contributed by atoms with Crippen LogP contribution in [0.5, 0.6) is 0 Å². The summed E-state index contributed by atoms with van der Waals surface area (Å²) in [5, 5.41) is 10.4. The van der Waals surface area contributed by atoms with E-state index in [4.69, 9.17) is 0 Å². The Hall–Kier alpha value is -1.88. The fraction of sp³-hybridized carbons (Fsp3) is 0.267. The van der Waals surface area contributed by atoms with E-state index in [0.717, 1.165) is 5.56 Å². The molecule has 1 atom stereocenters. The number of aryl methyl sites for hydroxylation is 1. The van der Waals surface area contributed by atoms with Gasteiger partial charge in [0.05, 0.1) is 5.69 Å². The fourth-order valence-electron chi connectivity index (χ4n) is 2.68. The predicted octanol–water partition coefficient (Wildman–Crippen LogP) is 3.42. The van der Waals surface area contributed by atoms with E-state index in [1.807, 2.05) is 6.92 Å². The molecular weight excluding hydrogens is 267 g/mol. The molecule has 3 rings (SSSR count). The number of fused-ring (bicyclic) bond motifs is 3. The molecule has 1 N–H and O–H groups in total. The van der Waals surface area contributed by atoms with Crippen molar-refractivity contribution in [2.75, 3.05) is 0 Å². The molecule has 5 heteroatoms. The third-order valence-electron chi connectivity index (χ3n) is 3.74. The van der Waals surface area contributed by atoms with Crippen molar-refractivity contribution in [1.29, 1.82) is 0 Å². The van der Waals surface area contributed by atoms with Gasteiger partial charge in [-0.2, -0.15) is 13.2 Å². The van der Waals surface area contributed by atoms with Gasteiger partial charge in [0, 0.05) is 22.9 Å². The first-order valence-corrected chi connectivity index (χ1v) is 6.28. The molecule has 0 bridgehead atoms. The molecule has 0 saturated carbocycles. The summed E-state index contributed by atoms with van der Waals surface area (Å²) >= 11 is 0. The monoisotopic (exact) mass is 279 g/mol. The van der Waals surface area contributed by atoms with Gasteiger partial charge in [0.1, 0.15) is 0 Å². The maximum atomic E-state index is 13.5. The molecule has 1 aliphatic carbocycles. The van der Waals surface area contributed by atoms with E-state index in [0.29, 0.717) is 12.0 Å². The first-order chi connectivity index (χ1) is 9.39. The topological polar surface area (TPSA) is 33.1 Å². The normalized spacial score (nSPS) is 20.6. The Morgan fingerprint density at radius 1 is 1.20 bits per heavy atom. The predicted molar refractivity (Wildman–Crippen MR) is 68.1 cm³/mol. The van der Waals surface area contributed by atoms with Gasteiger partial charge in [0.15, 0.2) is 0 Å². The van der Waals surface area contributed by atoms with E-state index in [-0.39, 0.29) is 16.8 Å². The minimum atomic E-state index is -4.79. The molecule has 1 heterocycles. The molecular formula is C15H12F3NO. The van der Waals surface area contributed by atoms with Crippen LogP contribution < -0.4 is 0 Å². The first-order valence-electron chi connectivity index (χ1n) is 6.28. The van der Waals surface area contributed by atoms with Gasteiger partial charge in [-0.05, 0) is 18.1 Å². The number of aliphatic hydroxyl groups is 1. The first kappa shape index (κ1) is 13.1. The molecule has 1 unspecified atom stereocenters. The van der Waals surface area contributed by atoms with Crippen LogP contribution in [0.25, 0.3) is 11.3 Å². The highest BCUT2D eigenvalue weighted by Gasteiger charge is 2.61. The molecule has 0 spiro atoms. The summed E-state index contributed by atoms with van der Waals surface area (Å²) in [6.07, 6.45) is -2.76. The van der Waals surface area contributed by atoms with E-state index < -0.39 is 11.8 Å². The van der Waals surface area contributed by atoms with Crippen molar-refractivity contribution in [3.8, 4) is 11.3 Å². The molecule has 2 aromatic rings. The van der Waals surface area contributed by atoms with Crippen LogP contribution in [0.1, 0.15) is 23.6 Å². The minimum Gasteiger partial charge on any atom is -0.372 e. The average Bonchev–Trinajstić information content (AvgIpc) is 2.70. The Labute approximate surface area is 113 Å². The maximum absolute atomic E-state index is 13.5. The zero-order valence-corrected chi connectivity index (χ0v) is 10.7. The minimum absolute atomic E-state index is 0.127. The molecule has 1 aliphatic rings. The lowest BCUT2D eigenvalue weighted by Gasteiger charge is -2.28. The fourth-order valence-corrected chi connectivity index (χ4v) is 2.68. The second kappa shape index (κ2) is 4.06. The van der Waals surface area contributed by atoms with E-state index in [2.05, 4.69) is 4.98 Å². The highest BCUT2D eigenvalue weighted by molar-refractivity contribution is 5.78. The average molecular weight is 279 g/mol. The van der Waals surface area contributed by atoms with E-state index in [9.17, 15) is 18.3 Å². The van der Waals surface area contributed by atoms with Crippen LogP contribution in [0.2, 0.25) is 0 Å². The van der Waals surface area contributed by atoms with Gasteiger partial charge in [-0.15, -0.1) is 0 Å². The van der Waals surface area contributed by atoms with E-state index >= 15 is 0 Å². The Kier molecular flexibility index (Phi) is 2.66. The largest absolute Gasteiger partial charge is 0.425 e. The zero-order valence-electron chi connectivity index (χ0n) is 10.7.